The lowest BCUT2D eigenvalue weighted by Crippen LogP contribution is -2.60. The number of amides is 1. The monoisotopic (exact) mass is 808 g/mol. The van der Waals surface area contributed by atoms with Gasteiger partial charge in [-0.1, -0.05) is 179 Å². The smallest absolute Gasteiger partial charge is 0.220 e. The number of carbonyl (C=O) groups excluding carboxylic acids is 1. The first-order chi connectivity index (χ1) is 27.8. The average molecular weight is 808 g/mol. The van der Waals surface area contributed by atoms with Crippen molar-refractivity contribution < 1.29 is 39.8 Å². The number of hydrogen-bond donors (Lipinski definition) is 6. The van der Waals surface area contributed by atoms with Crippen LogP contribution in [0.5, 0.6) is 0 Å². The maximum atomic E-state index is 12.9. The molecule has 1 rings (SSSR count). The van der Waals surface area contributed by atoms with E-state index in [2.05, 4.69) is 43.5 Å². The molecule has 0 bridgehead atoms. The van der Waals surface area contributed by atoms with Crippen molar-refractivity contribution in [2.75, 3.05) is 13.2 Å². The van der Waals surface area contributed by atoms with E-state index >= 15 is 0 Å². The van der Waals surface area contributed by atoms with Gasteiger partial charge in [0.1, 0.15) is 24.4 Å². The Labute approximate surface area is 349 Å². The molecule has 9 nitrogen and oxygen atoms in total. The Morgan fingerprint density at radius 2 is 1.00 bits per heavy atom. The minimum Gasteiger partial charge on any atom is -0.394 e. The van der Waals surface area contributed by atoms with E-state index in [1.165, 1.54) is 148 Å². The molecule has 0 radical (unpaired) electrons. The molecule has 0 aromatic carbocycles. The largest absolute Gasteiger partial charge is 0.394 e. The summed E-state index contributed by atoms with van der Waals surface area (Å²) in [5, 5.41) is 54.1. The molecule has 0 aromatic heterocycles. The first-order valence-corrected chi connectivity index (χ1v) is 23.7. The number of aliphatic hydroxyl groups is 5. The van der Waals surface area contributed by atoms with Gasteiger partial charge in [0.15, 0.2) is 6.29 Å². The Morgan fingerprint density at radius 1 is 0.579 bits per heavy atom. The van der Waals surface area contributed by atoms with E-state index in [9.17, 15) is 30.3 Å². The number of allylic oxidation sites excluding steroid dienone is 5. The maximum Gasteiger partial charge on any atom is 0.220 e. The van der Waals surface area contributed by atoms with Crippen molar-refractivity contribution in [3.05, 3.63) is 36.5 Å². The summed E-state index contributed by atoms with van der Waals surface area (Å²) >= 11 is 0. The third-order valence-electron chi connectivity index (χ3n) is 11.2. The fraction of sp³-hybridized carbons (Fsp3) is 0.854. The molecule has 0 saturated carbocycles. The van der Waals surface area contributed by atoms with Crippen LogP contribution < -0.4 is 5.32 Å². The highest BCUT2D eigenvalue weighted by molar-refractivity contribution is 5.76. The average Bonchev–Trinajstić information content (AvgIpc) is 3.21. The van der Waals surface area contributed by atoms with Crippen molar-refractivity contribution >= 4 is 5.91 Å². The Kier molecular flexibility index (Phi) is 36.2. The first-order valence-electron chi connectivity index (χ1n) is 23.7. The van der Waals surface area contributed by atoms with Gasteiger partial charge in [-0.25, -0.2) is 0 Å². The molecule has 9 heteroatoms. The van der Waals surface area contributed by atoms with Crippen LogP contribution >= 0.6 is 0 Å². The molecular formula is C48H89NO8. The molecule has 1 heterocycles. The fourth-order valence-electron chi connectivity index (χ4n) is 7.34. The van der Waals surface area contributed by atoms with E-state index in [0.29, 0.717) is 6.42 Å². The van der Waals surface area contributed by atoms with Gasteiger partial charge in [0, 0.05) is 6.42 Å². The summed E-state index contributed by atoms with van der Waals surface area (Å²) in [5.41, 5.74) is 0. The first kappa shape index (κ1) is 53.4. The van der Waals surface area contributed by atoms with Crippen LogP contribution in [0.1, 0.15) is 206 Å². The van der Waals surface area contributed by atoms with Crippen LogP contribution in [0.25, 0.3) is 0 Å². The van der Waals surface area contributed by atoms with Crippen LogP contribution in [0.4, 0.5) is 0 Å². The summed E-state index contributed by atoms with van der Waals surface area (Å²) < 4.78 is 11.2. The highest BCUT2D eigenvalue weighted by atomic mass is 16.7. The third kappa shape index (κ3) is 29.3. The Bertz CT molecular complexity index is 987. The maximum absolute atomic E-state index is 12.9. The van der Waals surface area contributed by atoms with Gasteiger partial charge in [0.25, 0.3) is 0 Å². The second-order valence-electron chi connectivity index (χ2n) is 16.5. The molecule has 7 atom stereocenters. The van der Waals surface area contributed by atoms with E-state index in [1.807, 2.05) is 6.08 Å². The van der Waals surface area contributed by atoms with Crippen molar-refractivity contribution in [2.45, 2.75) is 249 Å². The molecule has 57 heavy (non-hydrogen) atoms. The van der Waals surface area contributed by atoms with Crippen molar-refractivity contribution in [3.63, 3.8) is 0 Å². The predicted octanol–water partition coefficient (Wildman–Crippen LogP) is 10.1. The number of carbonyl (C=O) groups is 1. The summed E-state index contributed by atoms with van der Waals surface area (Å²) in [6, 6.07) is -0.818. The van der Waals surface area contributed by atoms with E-state index in [-0.39, 0.29) is 12.5 Å². The number of ether oxygens (including phenoxy) is 2. The molecule has 1 aliphatic heterocycles. The van der Waals surface area contributed by atoms with E-state index in [1.54, 1.807) is 6.08 Å². The third-order valence-corrected chi connectivity index (χ3v) is 11.2. The molecule has 2 unspecified atom stereocenters. The van der Waals surface area contributed by atoms with Gasteiger partial charge < -0.3 is 40.3 Å². The van der Waals surface area contributed by atoms with Crippen LogP contribution in [-0.4, -0.2) is 87.5 Å². The van der Waals surface area contributed by atoms with Crippen LogP contribution in [0.2, 0.25) is 0 Å². The predicted molar refractivity (Wildman–Crippen MR) is 235 cm³/mol. The summed E-state index contributed by atoms with van der Waals surface area (Å²) in [7, 11) is 0. The normalized spacial score (nSPS) is 21.3. The van der Waals surface area contributed by atoms with Crippen LogP contribution in [0.15, 0.2) is 36.5 Å². The minimum absolute atomic E-state index is 0.188. The lowest BCUT2D eigenvalue weighted by atomic mass is 9.99. The van der Waals surface area contributed by atoms with Crippen molar-refractivity contribution in [3.8, 4) is 0 Å². The van der Waals surface area contributed by atoms with Crippen LogP contribution in [0, 0.1) is 0 Å². The Balaban J connectivity index is 2.27. The number of rotatable bonds is 39. The SMILES string of the molecule is CCCCCCC/C=C/CC/C=C/[C@@H](O)[C@H](CO[C@H]1O[C@@H](CO)[C@H](O)C(O)C1O)NC(=O)CCCCCCCCCCCCCCC/C=C/CCCCCCCC. The van der Waals surface area contributed by atoms with E-state index in [4.69, 9.17) is 9.47 Å². The van der Waals surface area contributed by atoms with Gasteiger partial charge in [0.2, 0.25) is 5.91 Å². The Hall–Kier alpha value is -1.59. The highest BCUT2D eigenvalue weighted by Crippen LogP contribution is 2.22. The molecule has 334 valence electrons. The molecule has 1 aliphatic rings. The van der Waals surface area contributed by atoms with Crippen molar-refractivity contribution in [1.29, 1.82) is 0 Å². The topological polar surface area (TPSA) is 149 Å². The van der Waals surface area contributed by atoms with Crippen LogP contribution in [0.3, 0.4) is 0 Å². The number of hydrogen-bond acceptors (Lipinski definition) is 8. The standard InChI is InChI=1S/C48H89NO8/c1-3-5-7-9-11-13-15-16-17-18-19-20-21-22-23-24-25-26-28-30-32-34-36-38-44(52)49-41(40-56-48-47(55)46(54)45(53)43(39-50)57-48)42(51)37-35-33-31-29-27-14-12-10-8-6-4-2/h16-17,27,29,35,37,41-43,45-48,50-51,53-55H,3-15,18-26,28,30-34,36,38-40H2,1-2H3,(H,49,52)/b17-16+,29-27+,37-35+/t41-,42+,43-,45-,46?,47?,48-/m0/s1. The molecule has 0 aliphatic carbocycles. The second kappa shape index (κ2) is 38.6. The van der Waals surface area contributed by atoms with Crippen molar-refractivity contribution in [2.24, 2.45) is 0 Å². The molecule has 6 N–H and O–H groups in total. The summed E-state index contributed by atoms with van der Waals surface area (Å²) in [6.07, 6.45) is 40.6. The lowest BCUT2D eigenvalue weighted by molar-refractivity contribution is -0.302. The minimum atomic E-state index is -1.57. The number of nitrogens with one attached hydrogen (secondary N) is 1. The summed E-state index contributed by atoms with van der Waals surface area (Å²) in [4.78, 5) is 12.9. The van der Waals surface area contributed by atoms with Gasteiger partial charge in [-0.3, -0.25) is 4.79 Å². The molecule has 1 saturated heterocycles. The molecule has 0 spiro atoms. The van der Waals surface area contributed by atoms with E-state index in [0.717, 1.165) is 38.5 Å². The molecule has 1 amide bonds. The van der Waals surface area contributed by atoms with Crippen molar-refractivity contribution in [1.82, 2.24) is 5.32 Å². The zero-order valence-corrected chi connectivity index (χ0v) is 36.6. The quantitative estimate of drug-likeness (QED) is 0.0266. The zero-order chi connectivity index (χ0) is 41.6. The van der Waals surface area contributed by atoms with Gasteiger partial charge in [-0.05, 0) is 57.8 Å². The highest BCUT2D eigenvalue weighted by Gasteiger charge is 2.44. The van der Waals surface area contributed by atoms with Gasteiger partial charge in [-0.2, -0.15) is 0 Å². The van der Waals surface area contributed by atoms with Gasteiger partial charge in [-0.15, -0.1) is 0 Å². The number of aliphatic hydroxyl groups excluding tert-OH is 5. The fourth-order valence-corrected chi connectivity index (χ4v) is 7.34. The van der Waals surface area contributed by atoms with E-state index < -0.39 is 49.5 Å². The Morgan fingerprint density at radius 3 is 1.47 bits per heavy atom. The van der Waals surface area contributed by atoms with Gasteiger partial charge in [0.05, 0.1) is 25.4 Å². The van der Waals surface area contributed by atoms with Crippen LogP contribution in [-0.2, 0) is 14.3 Å². The molecule has 1 fully saturated rings. The molecule has 0 aromatic rings. The number of unbranched alkanes of at least 4 members (excludes halogenated alkanes) is 25. The second-order valence-corrected chi connectivity index (χ2v) is 16.5. The summed E-state index contributed by atoms with van der Waals surface area (Å²) in [5.74, 6) is -0.188. The summed E-state index contributed by atoms with van der Waals surface area (Å²) in [6.45, 7) is 3.72. The molecular weight excluding hydrogens is 719 g/mol. The van der Waals surface area contributed by atoms with Gasteiger partial charge >= 0.3 is 0 Å². The lowest BCUT2D eigenvalue weighted by Gasteiger charge is -2.40. The zero-order valence-electron chi connectivity index (χ0n) is 36.6.